The maximum atomic E-state index is 13.6. The number of aromatic carboxylic acids is 1. The van der Waals surface area contributed by atoms with Crippen molar-refractivity contribution in [3.63, 3.8) is 0 Å². The van der Waals surface area contributed by atoms with E-state index in [4.69, 9.17) is 5.11 Å². The number of carboxylic acid groups (broad SMARTS) is 1. The van der Waals surface area contributed by atoms with Crippen molar-refractivity contribution in [3.05, 3.63) is 59.2 Å². The molecule has 0 atom stereocenters. The van der Waals surface area contributed by atoms with Gasteiger partial charge in [0.1, 0.15) is 11.6 Å². The number of halogens is 2. The Kier molecular flexibility index (Phi) is 3.98. The Balaban J connectivity index is 2.63. The molecule has 6 heteroatoms. The number of ether oxygens (including phenoxy) is 1. The van der Waals surface area contributed by atoms with Gasteiger partial charge < -0.3 is 9.84 Å². The SMILES string of the molecule is COC(=O)c1cc(-c2ccc(F)cc2C(=O)O)ccc1F. The molecule has 4 nitrogen and oxygen atoms in total. The second kappa shape index (κ2) is 5.70. The Labute approximate surface area is 118 Å². The lowest BCUT2D eigenvalue weighted by molar-refractivity contribution is 0.0594. The summed E-state index contributed by atoms with van der Waals surface area (Å²) >= 11 is 0. The van der Waals surface area contributed by atoms with Crippen molar-refractivity contribution in [2.24, 2.45) is 0 Å². The van der Waals surface area contributed by atoms with E-state index in [-0.39, 0.29) is 22.3 Å². The van der Waals surface area contributed by atoms with Crippen molar-refractivity contribution < 1.29 is 28.2 Å². The normalized spacial score (nSPS) is 10.2. The van der Waals surface area contributed by atoms with Crippen LogP contribution in [-0.4, -0.2) is 24.2 Å². The third kappa shape index (κ3) is 2.89. The van der Waals surface area contributed by atoms with E-state index in [0.717, 1.165) is 25.3 Å². The summed E-state index contributed by atoms with van der Waals surface area (Å²) in [5.74, 6) is -3.70. The first-order valence-corrected chi connectivity index (χ1v) is 5.85. The van der Waals surface area contributed by atoms with Gasteiger partial charge in [-0.1, -0.05) is 12.1 Å². The second-order valence-corrected chi connectivity index (χ2v) is 4.18. The first-order valence-electron chi connectivity index (χ1n) is 5.85. The fourth-order valence-electron chi connectivity index (χ4n) is 1.90. The van der Waals surface area contributed by atoms with E-state index in [1.165, 1.54) is 18.2 Å². The molecule has 0 amide bonds. The number of carbonyl (C=O) groups excluding carboxylic acids is 1. The second-order valence-electron chi connectivity index (χ2n) is 4.18. The highest BCUT2D eigenvalue weighted by Crippen LogP contribution is 2.27. The number of methoxy groups -OCH3 is 1. The molecule has 0 fully saturated rings. The minimum atomic E-state index is -1.33. The number of benzene rings is 2. The van der Waals surface area contributed by atoms with Crippen LogP contribution in [0.15, 0.2) is 36.4 Å². The number of carboxylic acids is 1. The third-order valence-electron chi connectivity index (χ3n) is 2.89. The molecule has 0 saturated carbocycles. The zero-order valence-corrected chi connectivity index (χ0v) is 10.9. The lowest BCUT2D eigenvalue weighted by atomic mass is 9.97. The van der Waals surface area contributed by atoms with E-state index in [1.54, 1.807) is 0 Å². The first kappa shape index (κ1) is 14.6. The van der Waals surface area contributed by atoms with Crippen molar-refractivity contribution in [1.29, 1.82) is 0 Å². The maximum absolute atomic E-state index is 13.6. The molecule has 0 aliphatic heterocycles. The highest BCUT2D eigenvalue weighted by molar-refractivity contribution is 5.97. The van der Waals surface area contributed by atoms with E-state index in [1.807, 2.05) is 0 Å². The Hall–Kier alpha value is -2.76. The van der Waals surface area contributed by atoms with Gasteiger partial charge in [-0.15, -0.1) is 0 Å². The van der Waals surface area contributed by atoms with E-state index in [9.17, 15) is 18.4 Å². The van der Waals surface area contributed by atoms with E-state index >= 15 is 0 Å². The Morgan fingerprint density at radius 2 is 1.76 bits per heavy atom. The fraction of sp³-hybridized carbons (Fsp3) is 0.0667. The summed E-state index contributed by atoms with van der Waals surface area (Å²) in [7, 11) is 1.11. The molecule has 0 radical (unpaired) electrons. The zero-order valence-electron chi connectivity index (χ0n) is 10.9. The summed E-state index contributed by atoms with van der Waals surface area (Å²) in [6.45, 7) is 0. The Morgan fingerprint density at radius 3 is 2.38 bits per heavy atom. The van der Waals surface area contributed by atoms with Crippen LogP contribution in [-0.2, 0) is 4.74 Å². The minimum absolute atomic E-state index is 0.175. The van der Waals surface area contributed by atoms with Crippen LogP contribution in [0.1, 0.15) is 20.7 Å². The largest absolute Gasteiger partial charge is 0.478 e. The van der Waals surface area contributed by atoms with Gasteiger partial charge in [0, 0.05) is 0 Å². The molecule has 1 N–H and O–H groups in total. The van der Waals surface area contributed by atoms with Crippen LogP contribution < -0.4 is 0 Å². The third-order valence-corrected chi connectivity index (χ3v) is 2.89. The number of carbonyl (C=O) groups is 2. The summed E-state index contributed by atoms with van der Waals surface area (Å²) in [6, 6.07) is 6.70. The van der Waals surface area contributed by atoms with Gasteiger partial charge in [-0.3, -0.25) is 0 Å². The molecule has 21 heavy (non-hydrogen) atoms. The van der Waals surface area contributed by atoms with E-state index < -0.39 is 23.6 Å². The van der Waals surface area contributed by atoms with Crippen LogP contribution in [0.3, 0.4) is 0 Å². The summed E-state index contributed by atoms with van der Waals surface area (Å²) < 4.78 is 31.2. The van der Waals surface area contributed by atoms with Crippen LogP contribution in [0.25, 0.3) is 11.1 Å². The molecule has 0 saturated heterocycles. The molecule has 0 heterocycles. The van der Waals surface area contributed by atoms with Crippen LogP contribution in [0.2, 0.25) is 0 Å². The highest BCUT2D eigenvalue weighted by atomic mass is 19.1. The van der Waals surface area contributed by atoms with Gasteiger partial charge in [-0.2, -0.15) is 0 Å². The molecule has 2 rings (SSSR count). The van der Waals surface area contributed by atoms with Crippen molar-refractivity contribution >= 4 is 11.9 Å². The maximum Gasteiger partial charge on any atom is 0.340 e. The quantitative estimate of drug-likeness (QED) is 0.883. The fourth-order valence-corrected chi connectivity index (χ4v) is 1.90. The number of esters is 1. The molecule has 2 aromatic rings. The van der Waals surface area contributed by atoms with E-state index in [2.05, 4.69) is 4.74 Å². The molecule has 0 bridgehead atoms. The number of hydrogen-bond acceptors (Lipinski definition) is 3. The van der Waals surface area contributed by atoms with Gasteiger partial charge in [0.15, 0.2) is 0 Å². The molecule has 2 aromatic carbocycles. The van der Waals surface area contributed by atoms with Crippen molar-refractivity contribution in [2.45, 2.75) is 0 Å². The van der Waals surface area contributed by atoms with Crippen LogP contribution in [0.5, 0.6) is 0 Å². The van der Waals surface area contributed by atoms with Gasteiger partial charge in [-0.25, -0.2) is 18.4 Å². The minimum Gasteiger partial charge on any atom is -0.478 e. The molecule has 108 valence electrons. The summed E-state index contributed by atoms with van der Waals surface area (Å²) in [5, 5.41) is 9.10. The Bertz CT molecular complexity index is 726. The summed E-state index contributed by atoms with van der Waals surface area (Å²) in [5.41, 5.74) is -0.156. The molecule has 0 aliphatic carbocycles. The van der Waals surface area contributed by atoms with Gasteiger partial charge >= 0.3 is 11.9 Å². The van der Waals surface area contributed by atoms with Crippen molar-refractivity contribution in [2.75, 3.05) is 7.11 Å². The number of rotatable bonds is 3. The molecule has 0 aliphatic rings. The molecular formula is C15H10F2O4. The number of hydrogen-bond donors (Lipinski definition) is 1. The predicted molar refractivity (Wildman–Crippen MR) is 70.1 cm³/mol. The first-order chi connectivity index (χ1) is 9.93. The van der Waals surface area contributed by atoms with Crippen LogP contribution in [0.4, 0.5) is 8.78 Å². The molecule has 0 aromatic heterocycles. The van der Waals surface area contributed by atoms with Crippen LogP contribution in [0, 0.1) is 11.6 Å². The van der Waals surface area contributed by atoms with Gasteiger partial charge in [0.25, 0.3) is 0 Å². The monoisotopic (exact) mass is 292 g/mol. The smallest absolute Gasteiger partial charge is 0.340 e. The Morgan fingerprint density at radius 1 is 1.05 bits per heavy atom. The van der Waals surface area contributed by atoms with E-state index in [0.29, 0.717) is 0 Å². The van der Waals surface area contributed by atoms with Crippen molar-refractivity contribution in [3.8, 4) is 11.1 Å². The van der Waals surface area contributed by atoms with Crippen molar-refractivity contribution in [1.82, 2.24) is 0 Å². The zero-order chi connectivity index (χ0) is 15.6. The highest BCUT2D eigenvalue weighted by Gasteiger charge is 2.17. The molecular weight excluding hydrogens is 282 g/mol. The van der Waals surface area contributed by atoms with Crippen LogP contribution >= 0.6 is 0 Å². The molecule has 0 unspecified atom stereocenters. The average Bonchev–Trinajstić information content (AvgIpc) is 2.47. The summed E-state index contributed by atoms with van der Waals surface area (Å²) in [6.07, 6.45) is 0. The molecule has 0 spiro atoms. The summed E-state index contributed by atoms with van der Waals surface area (Å²) in [4.78, 5) is 22.6. The topological polar surface area (TPSA) is 63.6 Å². The lowest BCUT2D eigenvalue weighted by Gasteiger charge is -2.09. The predicted octanol–water partition coefficient (Wildman–Crippen LogP) is 3.12. The van der Waals surface area contributed by atoms with Gasteiger partial charge in [0.05, 0.1) is 18.2 Å². The standard InChI is InChI=1S/C15H10F2O4/c1-21-15(20)12-6-8(2-5-13(12)17)10-4-3-9(16)7-11(10)14(18)19/h2-7H,1H3,(H,18,19). The van der Waals surface area contributed by atoms with Gasteiger partial charge in [0.2, 0.25) is 0 Å². The average molecular weight is 292 g/mol. The van der Waals surface area contributed by atoms with Gasteiger partial charge in [-0.05, 0) is 35.4 Å². The lowest BCUT2D eigenvalue weighted by Crippen LogP contribution is -2.05.